The van der Waals surface area contributed by atoms with Gasteiger partial charge in [-0.15, -0.1) is 0 Å². The van der Waals surface area contributed by atoms with Crippen LogP contribution in [0.4, 0.5) is 0 Å². The molecule has 1 aromatic rings. The number of aryl methyl sites for hydroxylation is 1. The van der Waals surface area contributed by atoms with Crippen LogP contribution in [-0.2, 0) is 6.54 Å². The number of aliphatic imine (C=N–C) groups is 1. The summed E-state index contributed by atoms with van der Waals surface area (Å²) < 4.78 is 0. The maximum Gasteiger partial charge on any atom is 0.193 e. The average molecular weight is 219 g/mol. The van der Waals surface area contributed by atoms with E-state index in [1.54, 1.807) is 0 Å². The van der Waals surface area contributed by atoms with Crippen LogP contribution in [0.3, 0.4) is 0 Å². The Labute approximate surface area is 98.2 Å². The average Bonchev–Trinajstić information content (AvgIpc) is 2.26. The SMILES string of the molecule is CCNC(=NCc1ccc(C)cc1)N(C)C. The molecule has 0 heterocycles. The Hall–Kier alpha value is -1.51. The van der Waals surface area contributed by atoms with Crippen LogP contribution >= 0.6 is 0 Å². The smallest absolute Gasteiger partial charge is 0.193 e. The summed E-state index contributed by atoms with van der Waals surface area (Å²) in [5, 5.41) is 3.24. The second-order valence-corrected chi connectivity index (χ2v) is 4.05. The van der Waals surface area contributed by atoms with Crippen LogP contribution in [0.5, 0.6) is 0 Å². The Bertz CT molecular complexity index is 339. The summed E-state index contributed by atoms with van der Waals surface area (Å²) in [6.07, 6.45) is 0. The molecule has 0 aliphatic rings. The van der Waals surface area contributed by atoms with Gasteiger partial charge < -0.3 is 10.2 Å². The Balaban J connectivity index is 2.65. The van der Waals surface area contributed by atoms with Crippen molar-refractivity contribution in [1.82, 2.24) is 10.2 Å². The van der Waals surface area contributed by atoms with Crippen molar-refractivity contribution in [3.63, 3.8) is 0 Å². The Morgan fingerprint density at radius 3 is 2.38 bits per heavy atom. The molecule has 0 radical (unpaired) electrons. The normalized spacial score (nSPS) is 11.4. The molecule has 0 spiro atoms. The van der Waals surface area contributed by atoms with Gasteiger partial charge in [0.2, 0.25) is 0 Å². The summed E-state index contributed by atoms with van der Waals surface area (Å²) in [6, 6.07) is 8.48. The molecule has 0 aliphatic heterocycles. The zero-order chi connectivity index (χ0) is 12.0. The zero-order valence-corrected chi connectivity index (χ0v) is 10.6. The maximum atomic E-state index is 4.54. The first kappa shape index (κ1) is 12.6. The van der Waals surface area contributed by atoms with Gasteiger partial charge in [-0.2, -0.15) is 0 Å². The lowest BCUT2D eigenvalue weighted by molar-refractivity contribution is 0.583. The molecule has 1 N–H and O–H groups in total. The van der Waals surface area contributed by atoms with Crippen LogP contribution in [0.15, 0.2) is 29.3 Å². The molecular weight excluding hydrogens is 198 g/mol. The van der Waals surface area contributed by atoms with E-state index in [4.69, 9.17) is 0 Å². The van der Waals surface area contributed by atoms with Crippen molar-refractivity contribution in [2.75, 3.05) is 20.6 Å². The Morgan fingerprint density at radius 1 is 1.25 bits per heavy atom. The molecule has 0 fully saturated rings. The molecule has 0 atom stereocenters. The van der Waals surface area contributed by atoms with Crippen molar-refractivity contribution in [2.24, 2.45) is 4.99 Å². The van der Waals surface area contributed by atoms with E-state index in [1.165, 1.54) is 11.1 Å². The van der Waals surface area contributed by atoms with E-state index in [1.807, 2.05) is 19.0 Å². The van der Waals surface area contributed by atoms with E-state index >= 15 is 0 Å². The second-order valence-electron chi connectivity index (χ2n) is 4.05. The fourth-order valence-corrected chi connectivity index (χ4v) is 1.37. The van der Waals surface area contributed by atoms with Crippen LogP contribution in [0, 0.1) is 6.92 Å². The molecule has 3 nitrogen and oxygen atoms in total. The largest absolute Gasteiger partial charge is 0.357 e. The summed E-state index contributed by atoms with van der Waals surface area (Å²) in [5.41, 5.74) is 2.52. The van der Waals surface area contributed by atoms with E-state index in [0.29, 0.717) is 0 Å². The van der Waals surface area contributed by atoms with E-state index < -0.39 is 0 Å². The number of nitrogens with zero attached hydrogens (tertiary/aromatic N) is 2. The van der Waals surface area contributed by atoms with Gasteiger partial charge in [-0.3, -0.25) is 0 Å². The van der Waals surface area contributed by atoms with Crippen LogP contribution in [0.1, 0.15) is 18.1 Å². The summed E-state index contributed by atoms with van der Waals surface area (Å²) in [7, 11) is 3.99. The summed E-state index contributed by atoms with van der Waals surface area (Å²) in [6.45, 7) is 5.79. The molecule has 0 aromatic heterocycles. The fourth-order valence-electron chi connectivity index (χ4n) is 1.37. The van der Waals surface area contributed by atoms with Gasteiger partial charge >= 0.3 is 0 Å². The number of benzene rings is 1. The summed E-state index contributed by atoms with van der Waals surface area (Å²) >= 11 is 0. The van der Waals surface area contributed by atoms with Gasteiger partial charge in [0, 0.05) is 20.6 Å². The van der Waals surface area contributed by atoms with Crippen molar-refractivity contribution < 1.29 is 0 Å². The van der Waals surface area contributed by atoms with Crippen LogP contribution in [-0.4, -0.2) is 31.5 Å². The number of rotatable bonds is 3. The first-order chi connectivity index (χ1) is 7.63. The van der Waals surface area contributed by atoms with E-state index in [2.05, 4.69) is 48.4 Å². The lowest BCUT2D eigenvalue weighted by Crippen LogP contribution is -2.36. The van der Waals surface area contributed by atoms with Crippen molar-refractivity contribution in [3.8, 4) is 0 Å². The van der Waals surface area contributed by atoms with Gasteiger partial charge in [-0.05, 0) is 19.4 Å². The highest BCUT2D eigenvalue weighted by molar-refractivity contribution is 5.79. The molecule has 3 heteroatoms. The third-order valence-electron chi connectivity index (χ3n) is 2.29. The van der Waals surface area contributed by atoms with Gasteiger partial charge in [0.1, 0.15) is 0 Å². The van der Waals surface area contributed by atoms with Crippen molar-refractivity contribution in [2.45, 2.75) is 20.4 Å². The van der Waals surface area contributed by atoms with Gasteiger partial charge in [0.15, 0.2) is 5.96 Å². The van der Waals surface area contributed by atoms with Crippen molar-refractivity contribution in [1.29, 1.82) is 0 Å². The monoisotopic (exact) mass is 219 g/mol. The molecule has 0 amide bonds. The Kier molecular flexibility index (Phi) is 4.83. The van der Waals surface area contributed by atoms with Gasteiger partial charge in [-0.25, -0.2) is 4.99 Å². The van der Waals surface area contributed by atoms with Gasteiger partial charge in [0.05, 0.1) is 6.54 Å². The van der Waals surface area contributed by atoms with Gasteiger partial charge in [-0.1, -0.05) is 29.8 Å². The van der Waals surface area contributed by atoms with E-state index in [-0.39, 0.29) is 0 Å². The summed E-state index contributed by atoms with van der Waals surface area (Å²) in [5.74, 6) is 0.933. The van der Waals surface area contributed by atoms with Crippen LogP contribution < -0.4 is 5.32 Å². The Morgan fingerprint density at radius 2 is 1.88 bits per heavy atom. The predicted octanol–water partition coefficient (Wildman–Crippen LogP) is 2.02. The van der Waals surface area contributed by atoms with Gasteiger partial charge in [0.25, 0.3) is 0 Å². The number of hydrogen-bond donors (Lipinski definition) is 1. The third-order valence-corrected chi connectivity index (χ3v) is 2.29. The zero-order valence-electron chi connectivity index (χ0n) is 10.6. The minimum absolute atomic E-state index is 0.723. The molecular formula is C13H21N3. The first-order valence-corrected chi connectivity index (χ1v) is 5.64. The van der Waals surface area contributed by atoms with Crippen LogP contribution in [0.2, 0.25) is 0 Å². The molecule has 0 saturated carbocycles. The highest BCUT2D eigenvalue weighted by atomic mass is 15.3. The standard InChI is InChI=1S/C13H21N3/c1-5-14-13(16(3)4)15-10-12-8-6-11(2)7-9-12/h6-9H,5,10H2,1-4H3,(H,14,15). The molecule has 16 heavy (non-hydrogen) atoms. The molecule has 1 aromatic carbocycles. The molecule has 1 rings (SSSR count). The number of hydrogen-bond acceptors (Lipinski definition) is 1. The van der Waals surface area contributed by atoms with Crippen molar-refractivity contribution >= 4 is 5.96 Å². The predicted molar refractivity (Wildman–Crippen MR) is 69.7 cm³/mol. The number of guanidine groups is 1. The van der Waals surface area contributed by atoms with Crippen molar-refractivity contribution in [3.05, 3.63) is 35.4 Å². The minimum Gasteiger partial charge on any atom is -0.357 e. The third kappa shape index (κ3) is 3.93. The molecule has 0 unspecified atom stereocenters. The number of nitrogens with one attached hydrogen (secondary N) is 1. The summed E-state index contributed by atoms with van der Waals surface area (Å²) in [4.78, 5) is 6.54. The molecule has 0 saturated heterocycles. The lowest BCUT2D eigenvalue weighted by Gasteiger charge is -2.16. The van der Waals surface area contributed by atoms with E-state index in [9.17, 15) is 0 Å². The molecule has 0 bridgehead atoms. The maximum absolute atomic E-state index is 4.54. The lowest BCUT2D eigenvalue weighted by atomic mass is 10.1. The van der Waals surface area contributed by atoms with Crippen LogP contribution in [0.25, 0.3) is 0 Å². The highest BCUT2D eigenvalue weighted by Crippen LogP contribution is 2.04. The highest BCUT2D eigenvalue weighted by Gasteiger charge is 1.99. The molecule has 88 valence electrons. The second kappa shape index (κ2) is 6.16. The fraction of sp³-hybridized carbons (Fsp3) is 0.462. The van der Waals surface area contributed by atoms with E-state index in [0.717, 1.165) is 19.0 Å². The first-order valence-electron chi connectivity index (χ1n) is 5.64. The molecule has 0 aliphatic carbocycles. The topological polar surface area (TPSA) is 27.6 Å². The quantitative estimate of drug-likeness (QED) is 0.622. The minimum atomic E-state index is 0.723.